The van der Waals surface area contributed by atoms with Gasteiger partial charge in [-0.2, -0.15) is 0 Å². The molecule has 8 aromatic rings. The molecular weight excluding hydrogens is 621 g/mol. The predicted octanol–water partition coefficient (Wildman–Crippen LogP) is 11.5. The molecule has 0 fully saturated rings. The highest BCUT2D eigenvalue weighted by Gasteiger charge is 2.22. The van der Waals surface area contributed by atoms with E-state index in [0.29, 0.717) is 5.92 Å². The minimum absolute atomic E-state index is 0.536. The highest BCUT2D eigenvalue weighted by Crippen LogP contribution is 2.37. The molecule has 4 heterocycles. The lowest BCUT2D eigenvalue weighted by molar-refractivity contribution is 0.718. The van der Waals surface area contributed by atoms with E-state index in [-0.39, 0.29) is 0 Å². The maximum atomic E-state index is 5.17. The number of allylic oxidation sites excluding steroid dienone is 2. The number of nitrogens with zero attached hydrogens (tertiary/aromatic N) is 4. The predicted molar refractivity (Wildman–Crippen MR) is 211 cm³/mol. The fourth-order valence-corrected chi connectivity index (χ4v) is 8.19. The van der Waals surface area contributed by atoms with Gasteiger partial charge in [0.1, 0.15) is 0 Å². The summed E-state index contributed by atoms with van der Waals surface area (Å²) in [6, 6.07) is 47.5. The molecule has 4 aromatic carbocycles. The minimum atomic E-state index is 0.536. The summed E-state index contributed by atoms with van der Waals surface area (Å²) in [5, 5.41) is 2.64. The van der Waals surface area contributed by atoms with E-state index in [1.807, 2.05) is 0 Å². The van der Waals surface area contributed by atoms with Crippen LogP contribution in [0.25, 0.3) is 79.2 Å². The third kappa shape index (κ3) is 4.98. The lowest BCUT2D eigenvalue weighted by Gasteiger charge is -2.16. The first kappa shape index (κ1) is 29.6. The van der Waals surface area contributed by atoms with Gasteiger partial charge in [0, 0.05) is 50.2 Å². The standard InChI is InChI=1S/C47H36N4/c1-31-26-27-47-39(28-31)38-18-4-7-25-46(38)51(47)35-15-9-13-33(30-35)41-20-11-22-43(49-41)42-21-10-19-40(48-42)32-12-8-14-34(29-32)50-44-23-5-2-16-36(44)37-17-3-6-24-45(37)50/h2-5,7-23,25-27,29-31H,6,24,28H2,1H3. The van der Waals surface area contributed by atoms with Crippen LogP contribution >= 0.6 is 0 Å². The van der Waals surface area contributed by atoms with Gasteiger partial charge in [-0.05, 0) is 97.5 Å². The molecule has 4 aromatic heterocycles. The van der Waals surface area contributed by atoms with Crippen molar-refractivity contribution in [2.24, 2.45) is 5.92 Å². The van der Waals surface area contributed by atoms with Crippen LogP contribution in [0.2, 0.25) is 0 Å². The van der Waals surface area contributed by atoms with Gasteiger partial charge in [-0.1, -0.05) is 97.9 Å². The van der Waals surface area contributed by atoms with Gasteiger partial charge in [-0.25, -0.2) is 9.97 Å². The van der Waals surface area contributed by atoms with Crippen LogP contribution in [-0.2, 0) is 12.8 Å². The van der Waals surface area contributed by atoms with Crippen LogP contribution in [0.1, 0.15) is 35.9 Å². The molecule has 51 heavy (non-hydrogen) atoms. The van der Waals surface area contributed by atoms with Crippen molar-refractivity contribution in [3.05, 3.63) is 168 Å². The Kier molecular flexibility index (Phi) is 6.95. The Labute approximate surface area is 297 Å². The van der Waals surface area contributed by atoms with E-state index < -0.39 is 0 Å². The van der Waals surface area contributed by atoms with Gasteiger partial charge in [0.25, 0.3) is 0 Å². The Balaban J connectivity index is 1.01. The molecule has 244 valence electrons. The van der Waals surface area contributed by atoms with E-state index in [1.54, 1.807) is 0 Å². The van der Waals surface area contributed by atoms with E-state index in [2.05, 4.69) is 174 Å². The molecule has 0 spiro atoms. The summed E-state index contributed by atoms with van der Waals surface area (Å²) < 4.78 is 4.84. The SMILES string of the molecule is CC1C=Cc2c(c3ccccc3n2-c2cccc(-c3cccc(-c4cccc(-c5cccc(-n6c7c(c8ccccc86)C=CCC7)c5)n4)n3)c2)C1. The molecule has 0 bridgehead atoms. The molecule has 0 N–H and O–H groups in total. The van der Waals surface area contributed by atoms with E-state index >= 15 is 0 Å². The first-order valence-electron chi connectivity index (χ1n) is 17.9. The largest absolute Gasteiger partial charge is 0.313 e. The molecule has 4 nitrogen and oxygen atoms in total. The fraction of sp³-hybridized carbons (Fsp3) is 0.106. The summed E-state index contributed by atoms with van der Waals surface area (Å²) in [5.74, 6) is 0.536. The van der Waals surface area contributed by atoms with Crippen LogP contribution in [0.15, 0.2) is 146 Å². The summed E-state index contributed by atoms with van der Waals surface area (Å²) in [5.41, 5.74) is 15.9. The fourth-order valence-electron chi connectivity index (χ4n) is 8.19. The molecule has 2 aliphatic rings. The zero-order chi connectivity index (χ0) is 33.9. The number of hydrogen-bond donors (Lipinski definition) is 0. The van der Waals surface area contributed by atoms with Crippen molar-refractivity contribution >= 4 is 34.0 Å². The number of para-hydroxylation sites is 2. The first-order valence-corrected chi connectivity index (χ1v) is 17.9. The molecule has 2 aliphatic carbocycles. The summed E-state index contributed by atoms with van der Waals surface area (Å²) in [4.78, 5) is 10.3. The van der Waals surface area contributed by atoms with Gasteiger partial charge in [0.15, 0.2) is 0 Å². The van der Waals surface area contributed by atoms with Crippen molar-refractivity contribution in [2.75, 3.05) is 0 Å². The van der Waals surface area contributed by atoms with Crippen LogP contribution in [-0.4, -0.2) is 19.1 Å². The second-order valence-corrected chi connectivity index (χ2v) is 13.8. The van der Waals surface area contributed by atoms with Gasteiger partial charge in [0.2, 0.25) is 0 Å². The minimum Gasteiger partial charge on any atom is -0.313 e. The van der Waals surface area contributed by atoms with Crippen LogP contribution in [0.5, 0.6) is 0 Å². The van der Waals surface area contributed by atoms with Gasteiger partial charge in [-0.3, -0.25) is 0 Å². The van der Waals surface area contributed by atoms with Gasteiger partial charge in [-0.15, -0.1) is 0 Å². The van der Waals surface area contributed by atoms with Crippen LogP contribution < -0.4 is 0 Å². The second kappa shape index (κ2) is 12.0. The van der Waals surface area contributed by atoms with E-state index in [1.165, 1.54) is 44.3 Å². The van der Waals surface area contributed by atoms with Crippen molar-refractivity contribution in [1.29, 1.82) is 0 Å². The topological polar surface area (TPSA) is 35.6 Å². The van der Waals surface area contributed by atoms with E-state index in [9.17, 15) is 0 Å². The lowest BCUT2D eigenvalue weighted by atomic mass is 9.93. The van der Waals surface area contributed by atoms with Crippen molar-refractivity contribution < 1.29 is 0 Å². The monoisotopic (exact) mass is 656 g/mol. The van der Waals surface area contributed by atoms with Crippen LogP contribution in [0, 0.1) is 5.92 Å². The molecule has 0 saturated heterocycles. The average molecular weight is 657 g/mol. The second-order valence-electron chi connectivity index (χ2n) is 13.8. The Morgan fingerprint density at radius 2 is 1.16 bits per heavy atom. The zero-order valence-corrected chi connectivity index (χ0v) is 28.5. The molecule has 0 aliphatic heterocycles. The molecule has 0 radical (unpaired) electrons. The summed E-state index contributed by atoms with van der Waals surface area (Å²) >= 11 is 0. The molecular formula is C47H36N4. The highest BCUT2D eigenvalue weighted by atomic mass is 15.0. The maximum Gasteiger partial charge on any atom is 0.0893 e. The summed E-state index contributed by atoms with van der Waals surface area (Å²) in [7, 11) is 0. The number of pyridine rings is 2. The quantitative estimate of drug-likeness (QED) is 0.185. The van der Waals surface area contributed by atoms with Crippen molar-refractivity contribution in [2.45, 2.75) is 26.2 Å². The lowest BCUT2D eigenvalue weighted by Crippen LogP contribution is -2.05. The molecule has 4 heteroatoms. The number of fused-ring (bicyclic) bond motifs is 6. The zero-order valence-electron chi connectivity index (χ0n) is 28.5. The first-order chi connectivity index (χ1) is 25.2. The number of benzene rings is 4. The maximum absolute atomic E-state index is 5.17. The van der Waals surface area contributed by atoms with E-state index in [4.69, 9.17) is 9.97 Å². The summed E-state index contributed by atoms with van der Waals surface area (Å²) in [6.45, 7) is 2.29. The molecule has 0 saturated carbocycles. The molecule has 1 atom stereocenters. The van der Waals surface area contributed by atoms with Crippen LogP contribution in [0.4, 0.5) is 0 Å². The normalized spacial score (nSPS) is 15.0. The Hall–Kier alpha value is -6.26. The van der Waals surface area contributed by atoms with Crippen LogP contribution in [0.3, 0.4) is 0 Å². The van der Waals surface area contributed by atoms with Gasteiger partial charge < -0.3 is 9.13 Å². The Morgan fingerprint density at radius 1 is 0.569 bits per heavy atom. The summed E-state index contributed by atoms with van der Waals surface area (Å²) in [6.07, 6.45) is 12.4. The third-order valence-corrected chi connectivity index (χ3v) is 10.5. The van der Waals surface area contributed by atoms with Crippen molar-refractivity contribution in [3.63, 3.8) is 0 Å². The highest BCUT2D eigenvalue weighted by molar-refractivity contribution is 5.94. The number of aromatic nitrogens is 4. The van der Waals surface area contributed by atoms with Crippen molar-refractivity contribution in [1.82, 2.24) is 19.1 Å². The van der Waals surface area contributed by atoms with E-state index in [0.717, 1.165) is 64.5 Å². The Morgan fingerprint density at radius 3 is 1.86 bits per heavy atom. The number of hydrogen-bond acceptors (Lipinski definition) is 2. The van der Waals surface area contributed by atoms with Crippen molar-refractivity contribution in [3.8, 4) is 45.3 Å². The smallest absolute Gasteiger partial charge is 0.0893 e. The average Bonchev–Trinajstić information content (AvgIpc) is 3.71. The molecule has 0 amide bonds. The Bertz CT molecular complexity index is 2700. The molecule has 10 rings (SSSR count). The van der Waals surface area contributed by atoms with Gasteiger partial charge in [0.05, 0.1) is 33.8 Å². The number of rotatable bonds is 5. The van der Waals surface area contributed by atoms with Gasteiger partial charge >= 0.3 is 0 Å². The third-order valence-electron chi connectivity index (χ3n) is 10.5. The molecule has 1 unspecified atom stereocenters.